The summed E-state index contributed by atoms with van der Waals surface area (Å²) >= 11 is 6.00. The topological polar surface area (TPSA) is 107 Å². The first-order chi connectivity index (χ1) is 15.0. The van der Waals surface area contributed by atoms with Crippen molar-refractivity contribution in [2.45, 2.75) is 68.2 Å². The van der Waals surface area contributed by atoms with E-state index in [4.69, 9.17) is 11.6 Å². The van der Waals surface area contributed by atoms with Crippen molar-refractivity contribution in [3.63, 3.8) is 0 Å². The van der Waals surface area contributed by atoms with Gasteiger partial charge in [0.05, 0.1) is 22.5 Å². The highest BCUT2D eigenvalue weighted by Gasteiger charge is 2.57. The number of carbonyl (C=O) groups excluding carboxylic acids is 2. The molecular weight excluding hydrogens is 450 g/mol. The number of likely N-dealkylation sites (tertiary alicyclic amines) is 1. The molecule has 0 spiro atoms. The van der Waals surface area contributed by atoms with Gasteiger partial charge in [-0.15, -0.1) is 0 Å². The number of nitrogens with zero attached hydrogens (tertiary/aromatic N) is 2. The molecule has 1 heterocycles. The third-order valence-electron chi connectivity index (χ3n) is 6.78. The van der Waals surface area contributed by atoms with Gasteiger partial charge in [-0.25, -0.2) is 8.42 Å². The van der Waals surface area contributed by atoms with E-state index >= 15 is 0 Å². The summed E-state index contributed by atoms with van der Waals surface area (Å²) in [6.45, 7) is 3.67. The molecule has 1 aromatic carbocycles. The monoisotopic (exact) mass is 477 g/mol. The average molecular weight is 478 g/mol. The summed E-state index contributed by atoms with van der Waals surface area (Å²) in [5.74, 6) is -0.692. The van der Waals surface area contributed by atoms with Crippen LogP contribution in [0.4, 0.5) is 0 Å². The van der Waals surface area contributed by atoms with Crippen LogP contribution in [-0.2, 0) is 24.8 Å². The predicted molar refractivity (Wildman–Crippen MR) is 121 cm³/mol. The van der Waals surface area contributed by atoms with Gasteiger partial charge in [0.1, 0.15) is 11.6 Å². The number of halogens is 1. The SMILES string of the molecule is CC(C)CS(=O)(=O)C1CC(C(=O)NC2(C#N)CC2)N(C(=O)C2(c3ccc(Cl)cc3)CC2)C1. The van der Waals surface area contributed by atoms with Crippen molar-refractivity contribution in [1.82, 2.24) is 10.2 Å². The van der Waals surface area contributed by atoms with Crippen molar-refractivity contribution in [1.29, 1.82) is 5.26 Å². The Labute approximate surface area is 194 Å². The summed E-state index contributed by atoms with van der Waals surface area (Å²) in [5, 5.41) is 11.9. The Hall–Kier alpha value is -2.11. The average Bonchev–Trinajstić information content (AvgIpc) is 3.64. The second-order valence-electron chi connectivity index (χ2n) is 9.83. The van der Waals surface area contributed by atoms with Crippen molar-refractivity contribution in [2.24, 2.45) is 5.92 Å². The number of hydrogen-bond donors (Lipinski definition) is 1. The van der Waals surface area contributed by atoms with Crippen LogP contribution in [0.1, 0.15) is 51.5 Å². The van der Waals surface area contributed by atoms with Crippen molar-refractivity contribution >= 4 is 33.3 Å². The summed E-state index contributed by atoms with van der Waals surface area (Å²) < 4.78 is 25.9. The van der Waals surface area contributed by atoms with Gasteiger partial charge >= 0.3 is 0 Å². The molecule has 2 atom stereocenters. The van der Waals surface area contributed by atoms with Gasteiger partial charge < -0.3 is 10.2 Å². The van der Waals surface area contributed by atoms with Gasteiger partial charge in [-0.1, -0.05) is 37.6 Å². The molecule has 3 aliphatic rings. The number of carbonyl (C=O) groups is 2. The van der Waals surface area contributed by atoms with Crippen LogP contribution in [0.15, 0.2) is 24.3 Å². The lowest BCUT2D eigenvalue weighted by Crippen LogP contribution is -2.51. The number of benzene rings is 1. The fraction of sp³-hybridized carbons (Fsp3) is 0.609. The van der Waals surface area contributed by atoms with Gasteiger partial charge in [0.25, 0.3) is 0 Å². The van der Waals surface area contributed by atoms with E-state index < -0.39 is 38.0 Å². The first-order valence-corrected chi connectivity index (χ1v) is 13.1. The molecule has 1 saturated heterocycles. The van der Waals surface area contributed by atoms with Crippen LogP contribution in [0.3, 0.4) is 0 Å². The molecule has 2 aliphatic carbocycles. The lowest BCUT2D eigenvalue weighted by molar-refractivity contribution is -0.140. The van der Waals surface area contributed by atoms with Crippen LogP contribution in [0.25, 0.3) is 0 Å². The number of nitrogens with one attached hydrogen (secondary N) is 1. The second kappa shape index (κ2) is 8.03. The van der Waals surface area contributed by atoms with Gasteiger partial charge in [-0.05, 0) is 55.7 Å². The van der Waals surface area contributed by atoms with Crippen molar-refractivity contribution in [3.05, 3.63) is 34.9 Å². The van der Waals surface area contributed by atoms with Crippen LogP contribution in [-0.4, -0.2) is 54.3 Å². The summed E-state index contributed by atoms with van der Waals surface area (Å²) in [5.41, 5.74) is -0.796. The lowest BCUT2D eigenvalue weighted by Gasteiger charge is -2.29. The molecule has 3 fully saturated rings. The van der Waals surface area contributed by atoms with E-state index in [-0.39, 0.29) is 30.5 Å². The first kappa shape index (κ1) is 23.1. The zero-order chi connectivity index (χ0) is 23.3. The lowest BCUT2D eigenvalue weighted by atomic mass is 9.94. The number of amides is 2. The Bertz CT molecular complexity index is 1070. The Morgan fingerprint density at radius 2 is 1.84 bits per heavy atom. The quantitative estimate of drug-likeness (QED) is 0.649. The predicted octanol–water partition coefficient (Wildman–Crippen LogP) is 2.58. The highest BCUT2D eigenvalue weighted by Crippen LogP contribution is 2.51. The maximum absolute atomic E-state index is 13.7. The number of sulfone groups is 1. The maximum Gasteiger partial charge on any atom is 0.244 e. The fourth-order valence-electron chi connectivity index (χ4n) is 4.64. The molecule has 2 saturated carbocycles. The third-order valence-corrected chi connectivity index (χ3v) is 9.52. The highest BCUT2D eigenvalue weighted by molar-refractivity contribution is 7.92. The molecule has 0 radical (unpaired) electrons. The van der Waals surface area contributed by atoms with Crippen molar-refractivity contribution in [3.8, 4) is 6.07 Å². The maximum atomic E-state index is 13.7. The Balaban J connectivity index is 1.62. The second-order valence-corrected chi connectivity index (χ2v) is 12.6. The van der Waals surface area contributed by atoms with Gasteiger partial charge in [0.15, 0.2) is 9.84 Å². The van der Waals surface area contributed by atoms with Crippen LogP contribution in [0, 0.1) is 17.2 Å². The molecule has 1 aliphatic heterocycles. The normalized spacial score (nSPS) is 25.3. The fourth-order valence-corrected chi connectivity index (χ4v) is 6.83. The summed E-state index contributed by atoms with van der Waals surface area (Å²) in [6, 6.07) is 8.34. The van der Waals surface area contributed by atoms with Crippen LogP contribution in [0.5, 0.6) is 0 Å². The smallest absolute Gasteiger partial charge is 0.244 e. The Morgan fingerprint density at radius 1 is 1.22 bits per heavy atom. The molecule has 1 aromatic rings. The zero-order valence-electron chi connectivity index (χ0n) is 18.3. The van der Waals surface area contributed by atoms with Gasteiger partial charge in [0.2, 0.25) is 11.8 Å². The molecule has 32 heavy (non-hydrogen) atoms. The van der Waals surface area contributed by atoms with Crippen LogP contribution >= 0.6 is 11.6 Å². The molecule has 0 aromatic heterocycles. The highest BCUT2D eigenvalue weighted by atomic mass is 35.5. The van der Waals surface area contributed by atoms with E-state index in [0.717, 1.165) is 5.56 Å². The van der Waals surface area contributed by atoms with E-state index in [1.807, 2.05) is 26.0 Å². The molecule has 0 bridgehead atoms. The molecule has 4 rings (SSSR count). The third kappa shape index (κ3) is 4.25. The van der Waals surface area contributed by atoms with Gasteiger partial charge in [0, 0.05) is 11.6 Å². The van der Waals surface area contributed by atoms with E-state index in [1.54, 1.807) is 12.1 Å². The van der Waals surface area contributed by atoms with E-state index in [2.05, 4.69) is 11.4 Å². The van der Waals surface area contributed by atoms with E-state index in [1.165, 1.54) is 4.90 Å². The minimum atomic E-state index is -3.48. The minimum Gasteiger partial charge on any atom is -0.336 e. The van der Waals surface area contributed by atoms with Crippen molar-refractivity contribution < 1.29 is 18.0 Å². The molecular formula is C23H28ClN3O4S. The standard InChI is InChI=1S/C23H28ClN3O4S/c1-15(2)13-32(30,31)18-11-19(20(28)26-22(14-25)7-8-22)27(12-18)21(29)23(9-10-23)16-3-5-17(24)6-4-16/h3-6,15,18-19H,7-13H2,1-2H3,(H,26,28). The number of nitriles is 1. The molecule has 1 N–H and O–H groups in total. The van der Waals surface area contributed by atoms with E-state index in [9.17, 15) is 23.3 Å². The molecule has 2 amide bonds. The molecule has 2 unspecified atom stereocenters. The van der Waals surface area contributed by atoms with Crippen LogP contribution in [0.2, 0.25) is 5.02 Å². The van der Waals surface area contributed by atoms with E-state index in [0.29, 0.717) is 30.7 Å². The largest absolute Gasteiger partial charge is 0.336 e. The molecule has 172 valence electrons. The minimum absolute atomic E-state index is 0.000860. The van der Waals surface area contributed by atoms with Crippen LogP contribution < -0.4 is 5.32 Å². The summed E-state index contributed by atoms with van der Waals surface area (Å²) in [6.07, 6.45) is 2.48. The molecule has 9 heteroatoms. The van der Waals surface area contributed by atoms with Gasteiger partial charge in [-0.2, -0.15) is 5.26 Å². The first-order valence-electron chi connectivity index (χ1n) is 11.0. The Morgan fingerprint density at radius 3 is 2.34 bits per heavy atom. The summed E-state index contributed by atoms with van der Waals surface area (Å²) in [7, 11) is -3.48. The number of hydrogen-bond acceptors (Lipinski definition) is 5. The van der Waals surface area contributed by atoms with Gasteiger partial charge in [-0.3, -0.25) is 9.59 Å². The molecule has 7 nitrogen and oxygen atoms in total. The Kier molecular flexibility index (Phi) is 5.79. The zero-order valence-corrected chi connectivity index (χ0v) is 19.9. The number of rotatable bonds is 7. The summed E-state index contributed by atoms with van der Waals surface area (Å²) in [4.78, 5) is 28.3. The van der Waals surface area contributed by atoms with Crippen molar-refractivity contribution in [2.75, 3.05) is 12.3 Å².